The van der Waals surface area contributed by atoms with Crippen molar-refractivity contribution in [2.45, 2.75) is 27.2 Å². The van der Waals surface area contributed by atoms with Crippen molar-refractivity contribution in [2.24, 2.45) is 11.3 Å². The van der Waals surface area contributed by atoms with Crippen molar-refractivity contribution in [3.05, 3.63) is 0 Å². The van der Waals surface area contributed by atoms with Crippen molar-refractivity contribution in [3.8, 4) is 0 Å². The van der Waals surface area contributed by atoms with Gasteiger partial charge in [-0.25, -0.2) is 0 Å². The molecule has 0 amide bonds. The summed E-state index contributed by atoms with van der Waals surface area (Å²) in [6, 6.07) is 0. The van der Waals surface area contributed by atoms with E-state index in [0.717, 1.165) is 17.9 Å². The lowest BCUT2D eigenvalue weighted by atomic mass is 9.76. The minimum atomic E-state index is -0.276. The van der Waals surface area contributed by atoms with Gasteiger partial charge in [0.2, 0.25) is 0 Å². The van der Waals surface area contributed by atoms with Gasteiger partial charge in [0.05, 0.1) is 13.2 Å². The van der Waals surface area contributed by atoms with Gasteiger partial charge in [-0.1, -0.05) is 20.8 Å². The molecule has 0 aliphatic heterocycles. The molecule has 13 heavy (non-hydrogen) atoms. The van der Waals surface area contributed by atoms with Crippen molar-refractivity contribution >= 4 is 11.8 Å². The molecule has 0 bridgehead atoms. The summed E-state index contributed by atoms with van der Waals surface area (Å²) in [6.07, 6.45) is 0.899. The van der Waals surface area contributed by atoms with Gasteiger partial charge < -0.3 is 10.2 Å². The van der Waals surface area contributed by atoms with Crippen LogP contribution >= 0.6 is 11.8 Å². The normalized spacial score (nSPS) is 12.5. The average Bonchev–Trinajstić information content (AvgIpc) is 2.13. The van der Waals surface area contributed by atoms with Gasteiger partial charge in [-0.15, -0.1) is 0 Å². The van der Waals surface area contributed by atoms with E-state index in [1.165, 1.54) is 0 Å². The second kappa shape index (κ2) is 6.68. The van der Waals surface area contributed by atoms with Crippen LogP contribution in [-0.2, 0) is 0 Å². The molecule has 2 nitrogen and oxygen atoms in total. The molecule has 0 aromatic heterocycles. The van der Waals surface area contributed by atoms with E-state index in [9.17, 15) is 10.2 Å². The van der Waals surface area contributed by atoms with Gasteiger partial charge in [-0.3, -0.25) is 0 Å². The highest BCUT2D eigenvalue weighted by Gasteiger charge is 2.31. The molecule has 0 atom stereocenters. The van der Waals surface area contributed by atoms with Crippen LogP contribution < -0.4 is 0 Å². The minimum Gasteiger partial charge on any atom is -0.396 e. The van der Waals surface area contributed by atoms with Crippen molar-refractivity contribution in [3.63, 3.8) is 0 Å². The third-order valence-electron chi connectivity index (χ3n) is 2.80. The molecule has 3 heteroatoms. The molecule has 0 saturated carbocycles. The Bertz CT molecular complexity index is 122. The molecule has 2 N–H and O–H groups in total. The standard InChI is InChI=1S/C10H22O2S/c1-4-13-6-5-10(7-11,8-12)9(2)3/h9,11-12H,4-8H2,1-3H3. The predicted octanol–water partition coefficient (Wildman–Crippen LogP) is 1.76. The number of rotatable bonds is 7. The Morgan fingerprint density at radius 2 is 1.77 bits per heavy atom. The van der Waals surface area contributed by atoms with E-state index in [-0.39, 0.29) is 18.6 Å². The first-order chi connectivity index (χ1) is 6.13. The number of hydrogen-bond donors (Lipinski definition) is 2. The maximum absolute atomic E-state index is 9.28. The fourth-order valence-corrected chi connectivity index (χ4v) is 2.12. The lowest BCUT2D eigenvalue weighted by molar-refractivity contribution is 0.0139. The lowest BCUT2D eigenvalue weighted by Crippen LogP contribution is -2.36. The SMILES string of the molecule is CCSCCC(CO)(CO)C(C)C. The van der Waals surface area contributed by atoms with Crippen molar-refractivity contribution in [1.29, 1.82) is 0 Å². The maximum Gasteiger partial charge on any atom is 0.0512 e. The molecule has 0 rings (SSSR count). The van der Waals surface area contributed by atoms with E-state index in [4.69, 9.17) is 0 Å². The molecule has 0 saturated heterocycles. The average molecular weight is 206 g/mol. The van der Waals surface area contributed by atoms with Gasteiger partial charge >= 0.3 is 0 Å². The van der Waals surface area contributed by atoms with Gasteiger partial charge in [-0.2, -0.15) is 11.8 Å². The summed E-state index contributed by atoms with van der Waals surface area (Å²) in [6.45, 7) is 6.42. The number of aliphatic hydroxyl groups excluding tert-OH is 2. The van der Waals surface area contributed by atoms with Crippen molar-refractivity contribution in [2.75, 3.05) is 24.7 Å². The third kappa shape index (κ3) is 3.88. The lowest BCUT2D eigenvalue weighted by Gasteiger charge is -2.33. The Labute approximate surface area is 85.7 Å². The summed E-state index contributed by atoms with van der Waals surface area (Å²) in [5, 5.41) is 18.6. The molecule has 0 radical (unpaired) electrons. The predicted molar refractivity (Wildman–Crippen MR) is 59.1 cm³/mol. The van der Waals surface area contributed by atoms with Crippen LogP contribution in [0.15, 0.2) is 0 Å². The first kappa shape index (κ1) is 13.3. The second-order valence-electron chi connectivity index (χ2n) is 3.78. The van der Waals surface area contributed by atoms with Crippen LogP contribution in [0.2, 0.25) is 0 Å². The van der Waals surface area contributed by atoms with Crippen molar-refractivity contribution in [1.82, 2.24) is 0 Å². The number of thioether (sulfide) groups is 1. The van der Waals surface area contributed by atoms with E-state index >= 15 is 0 Å². The third-order valence-corrected chi connectivity index (χ3v) is 3.70. The van der Waals surface area contributed by atoms with E-state index < -0.39 is 0 Å². The zero-order chi connectivity index (χ0) is 10.3. The summed E-state index contributed by atoms with van der Waals surface area (Å²) in [5.41, 5.74) is -0.276. The fraction of sp³-hybridized carbons (Fsp3) is 1.00. The fourth-order valence-electron chi connectivity index (χ4n) is 1.28. The zero-order valence-corrected chi connectivity index (χ0v) is 9.73. The molecule has 0 fully saturated rings. The van der Waals surface area contributed by atoms with Crippen LogP contribution in [0.1, 0.15) is 27.2 Å². The highest BCUT2D eigenvalue weighted by molar-refractivity contribution is 7.99. The highest BCUT2D eigenvalue weighted by atomic mass is 32.2. The summed E-state index contributed by atoms with van der Waals surface area (Å²) in [4.78, 5) is 0. The van der Waals surface area contributed by atoms with Crippen LogP contribution in [0.4, 0.5) is 0 Å². The Morgan fingerprint density at radius 1 is 1.23 bits per heavy atom. The van der Waals surface area contributed by atoms with Gasteiger partial charge in [0.25, 0.3) is 0 Å². The van der Waals surface area contributed by atoms with E-state index in [1.807, 2.05) is 11.8 Å². The van der Waals surface area contributed by atoms with E-state index in [1.54, 1.807) is 0 Å². The Kier molecular flexibility index (Phi) is 6.82. The molecular formula is C10H22O2S. The quantitative estimate of drug-likeness (QED) is 0.624. The monoisotopic (exact) mass is 206 g/mol. The van der Waals surface area contributed by atoms with E-state index in [0.29, 0.717) is 5.92 Å². The number of aliphatic hydroxyl groups is 2. The highest BCUT2D eigenvalue weighted by Crippen LogP contribution is 2.31. The summed E-state index contributed by atoms with van der Waals surface area (Å²) >= 11 is 1.86. The summed E-state index contributed by atoms with van der Waals surface area (Å²) in [5.74, 6) is 2.46. The summed E-state index contributed by atoms with van der Waals surface area (Å²) < 4.78 is 0. The second-order valence-corrected chi connectivity index (χ2v) is 5.17. The van der Waals surface area contributed by atoms with Crippen LogP contribution in [0, 0.1) is 11.3 Å². The van der Waals surface area contributed by atoms with Crippen molar-refractivity contribution < 1.29 is 10.2 Å². The molecule has 0 heterocycles. The first-order valence-electron chi connectivity index (χ1n) is 4.92. The van der Waals surface area contributed by atoms with Gasteiger partial charge in [-0.05, 0) is 23.8 Å². The van der Waals surface area contributed by atoms with E-state index in [2.05, 4.69) is 20.8 Å². The van der Waals surface area contributed by atoms with Gasteiger partial charge in [0, 0.05) is 5.41 Å². The molecule has 0 spiro atoms. The number of hydrogen-bond acceptors (Lipinski definition) is 3. The largest absolute Gasteiger partial charge is 0.396 e. The van der Waals surface area contributed by atoms with Gasteiger partial charge in [0.1, 0.15) is 0 Å². The zero-order valence-electron chi connectivity index (χ0n) is 8.92. The molecule has 0 aromatic carbocycles. The smallest absolute Gasteiger partial charge is 0.0512 e. The summed E-state index contributed by atoms with van der Waals surface area (Å²) in [7, 11) is 0. The van der Waals surface area contributed by atoms with Crippen LogP contribution in [0.3, 0.4) is 0 Å². The topological polar surface area (TPSA) is 40.5 Å². The molecule has 80 valence electrons. The van der Waals surface area contributed by atoms with Crippen LogP contribution in [-0.4, -0.2) is 34.9 Å². The Hall–Kier alpha value is 0.270. The first-order valence-corrected chi connectivity index (χ1v) is 6.08. The molecule has 0 unspecified atom stereocenters. The minimum absolute atomic E-state index is 0.0887. The van der Waals surface area contributed by atoms with Crippen LogP contribution in [0.25, 0.3) is 0 Å². The van der Waals surface area contributed by atoms with Gasteiger partial charge in [0.15, 0.2) is 0 Å². The molecule has 0 aromatic rings. The maximum atomic E-state index is 9.28. The Morgan fingerprint density at radius 3 is 2.08 bits per heavy atom. The van der Waals surface area contributed by atoms with Crippen LogP contribution in [0.5, 0.6) is 0 Å². The Balaban J connectivity index is 4.06. The molecular weight excluding hydrogens is 184 g/mol. The molecule has 0 aliphatic carbocycles. The molecule has 0 aliphatic rings.